The molecule has 1 aliphatic heterocycles. The van der Waals surface area contributed by atoms with Gasteiger partial charge in [-0.1, -0.05) is 6.07 Å². The summed E-state index contributed by atoms with van der Waals surface area (Å²) in [5.41, 5.74) is 3.17. The number of amides is 1. The molecule has 3 rings (SSSR count). The molecule has 0 saturated carbocycles. The highest BCUT2D eigenvalue weighted by Gasteiger charge is 2.12. The zero-order valence-electron chi connectivity index (χ0n) is 11.4. The molecule has 5 heteroatoms. The topological polar surface area (TPSA) is 81.6 Å². The fraction of sp³-hybridized carbons (Fsp3) is 0.188. The first-order valence-corrected chi connectivity index (χ1v) is 6.83. The van der Waals surface area contributed by atoms with Gasteiger partial charge in [0, 0.05) is 29.5 Å². The molecule has 1 aliphatic rings. The number of benzene rings is 2. The molecule has 4 N–H and O–H groups in total. The van der Waals surface area contributed by atoms with E-state index in [9.17, 15) is 15.0 Å². The summed E-state index contributed by atoms with van der Waals surface area (Å²) < 4.78 is 0. The maximum Gasteiger partial charge on any atom is 0.255 e. The molecule has 0 bridgehead atoms. The number of carbonyl (C=O) groups excluding carboxylic acids is 1. The Morgan fingerprint density at radius 2 is 1.86 bits per heavy atom. The second kappa shape index (κ2) is 5.36. The van der Waals surface area contributed by atoms with Crippen molar-refractivity contribution in [2.45, 2.75) is 12.8 Å². The minimum absolute atomic E-state index is 0.146. The number of carbonyl (C=O) groups is 1. The van der Waals surface area contributed by atoms with Crippen molar-refractivity contribution in [1.29, 1.82) is 0 Å². The summed E-state index contributed by atoms with van der Waals surface area (Å²) in [5, 5.41) is 24.9. The number of aryl methyl sites for hydroxylation is 1. The Hall–Kier alpha value is -2.69. The summed E-state index contributed by atoms with van der Waals surface area (Å²) in [6.45, 7) is 0.935. The lowest BCUT2D eigenvalue weighted by Gasteiger charge is -2.18. The smallest absolute Gasteiger partial charge is 0.255 e. The van der Waals surface area contributed by atoms with Crippen LogP contribution in [0.2, 0.25) is 0 Å². The SMILES string of the molecule is O=C(Nc1ccc2c(c1)NCCC2)c1cc(O)cc(O)c1. The van der Waals surface area contributed by atoms with Crippen molar-refractivity contribution in [3.8, 4) is 11.5 Å². The average Bonchev–Trinajstić information content (AvgIpc) is 2.46. The first-order valence-electron chi connectivity index (χ1n) is 6.83. The third-order valence-electron chi connectivity index (χ3n) is 3.47. The summed E-state index contributed by atoms with van der Waals surface area (Å²) in [6, 6.07) is 9.55. The normalized spacial score (nSPS) is 13.1. The maximum absolute atomic E-state index is 12.1. The molecule has 108 valence electrons. The summed E-state index contributed by atoms with van der Waals surface area (Å²) in [6.07, 6.45) is 2.15. The summed E-state index contributed by atoms with van der Waals surface area (Å²) >= 11 is 0. The Balaban J connectivity index is 1.81. The molecule has 0 fully saturated rings. The Morgan fingerprint density at radius 1 is 1.10 bits per heavy atom. The van der Waals surface area contributed by atoms with Crippen LogP contribution >= 0.6 is 0 Å². The van der Waals surface area contributed by atoms with Gasteiger partial charge in [-0.3, -0.25) is 4.79 Å². The molecule has 2 aromatic rings. The maximum atomic E-state index is 12.1. The van der Waals surface area contributed by atoms with Crippen molar-refractivity contribution < 1.29 is 15.0 Å². The van der Waals surface area contributed by atoms with Crippen molar-refractivity contribution >= 4 is 17.3 Å². The van der Waals surface area contributed by atoms with Crippen LogP contribution in [0.4, 0.5) is 11.4 Å². The van der Waals surface area contributed by atoms with Gasteiger partial charge in [0.05, 0.1) is 0 Å². The van der Waals surface area contributed by atoms with Gasteiger partial charge in [-0.05, 0) is 42.7 Å². The van der Waals surface area contributed by atoms with Crippen LogP contribution in [-0.4, -0.2) is 22.7 Å². The highest BCUT2D eigenvalue weighted by Crippen LogP contribution is 2.26. The second-order valence-corrected chi connectivity index (χ2v) is 5.09. The number of phenols is 2. The van der Waals surface area contributed by atoms with E-state index in [1.165, 1.54) is 23.8 Å². The van der Waals surface area contributed by atoms with E-state index in [4.69, 9.17) is 0 Å². The molecule has 0 atom stereocenters. The highest BCUT2D eigenvalue weighted by atomic mass is 16.3. The van der Waals surface area contributed by atoms with Gasteiger partial charge in [0.2, 0.25) is 0 Å². The first-order chi connectivity index (χ1) is 10.1. The largest absolute Gasteiger partial charge is 0.508 e. The fourth-order valence-corrected chi connectivity index (χ4v) is 2.47. The zero-order chi connectivity index (χ0) is 14.8. The van der Waals surface area contributed by atoms with Crippen molar-refractivity contribution in [2.24, 2.45) is 0 Å². The van der Waals surface area contributed by atoms with Gasteiger partial charge in [0.1, 0.15) is 11.5 Å². The van der Waals surface area contributed by atoms with E-state index in [0.29, 0.717) is 5.69 Å². The van der Waals surface area contributed by atoms with E-state index < -0.39 is 0 Å². The van der Waals surface area contributed by atoms with Crippen molar-refractivity contribution in [3.05, 3.63) is 47.5 Å². The van der Waals surface area contributed by atoms with Gasteiger partial charge < -0.3 is 20.8 Å². The lowest BCUT2D eigenvalue weighted by Crippen LogP contribution is -2.14. The van der Waals surface area contributed by atoms with E-state index >= 15 is 0 Å². The number of rotatable bonds is 2. The molecule has 1 amide bonds. The van der Waals surface area contributed by atoms with Crippen LogP contribution in [0.3, 0.4) is 0 Å². The van der Waals surface area contributed by atoms with Crippen LogP contribution in [0.25, 0.3) is 0 Å². The third kappa shape index (κ3) is 2.91. The monoisotopic (exact) mass is 284 g/mol. The quantitative estimate of drug-likeness (QED) is 0.683. The van der Waals surface area contributed by atoms with Gasteiger partial charge >= 0.3 is 0 Å². The number of fused-ring (bicyclic) bond motifs is 1. The standard InChI is InChI=1S/C16H16N2O3/c19-13-6-11(7-14(20)9-13)16(21)18-12-4-3-10-2-1-5-17-15(10)8-12/h3-4,6-9,17,19-20H,1-2,5H2,(H,18,21). The number of phenolic OH excluding ortho intramolecular Hbond substituents is 2. The van der Waals surface area contributed by atoms with Gasteiger partial charge in [-0.2, -0.15) is 0 Å². The van der Waals surface area contributed by atoms with E-state index in [0.717, 1.165) is 25.1 Å². The number of hydrogen-bond acceptors (Lipinski definition) is 4. The van der Waals surface area contributed by atoms with E-state index in [1.807, 2.05) is 18.2 Å². The summed E-state index contributed by atoms with van der Waals surface area (Å²) in [5.74, 6) is -0.670. The van der Waals surface area contributed by atoms with Crippen LogP contribution in [0.15, 0.2) is 36.4 Å². The van der Waals surface area contributed by atoms with Gasteiger partial charge in [-0.25, -0.2) is 0 Å². The predicted molar refractivity (Wildman–Crippen MR) is 81.0 cm³/mol. The first kappa shape index (κ1) is 13.3. The molecular weight excluding hydrogens is 268 g/mol. The highest BCUT2D eigenvalue weighted by molar-refractivity contribution is 6.05. The Labute approximate surface area is 122 Å². The molecule has 21 heavy (non-hydrogen) atoms. The molecular formula is C16H16N2O3. The van der Waals surface area contributed by atoms with Crippen LogP contribution in [0, 0.1) is 0 Å². The minimum atomic E-state index is -0.378. The number of anilines is 2. The van der Waals surface area contributed by atoms with Crippen molar-refractivity contribution in [1.82, 2.24) is 0 Å². The molecule has 0 aromatic heterocycles. The molecule has 0 saturated heterocycles. The summed E-state index contributed by atoms with van der Waals surface area (Å²) in [7, 11) is 0. The van der Waals surface area contributed by atoms with Gasteiger partial charge in [-0.15, -0.1) is 0 Å². The predicted octanol–water partition coefficient (Wildman–Crippen LogP) is 2.71. The van der Waals surface area contributed by atoms with E-state index in [1.54, 1.807) is 0 Å². The second-order valence-electron chi connectivity index (χ2n) is 5.09. The lowest BCUT2D eigenvalue weighted by atomic mass is 10.0. The fourth-order valence-electron chi connectivity index (χ4n) is 2.47. The van der Waals surface area contributed by atoms with Crippen LogP contribution in [0.1, 0.15) is 22.3 Å². The molecule has 0 radical (unpaired) electrons. The number of hydrogen-bond donors (Lipinski definition) is 4. The van der Waals surface area contributed by atoms with Gasteiger partial charge in [0.15, 0.2) is 0 Å². The average molecular weight is 284 g/mol. The lowest BCUT2D eigenvalue weighted by molar-refractivity contribution is 0.102. The van der Waals surface area contributed by atoms with E-state index in [-0.39, 0.29) is 23.0 Å². The van der Waals surface area contributed by atoms with Gasteiger partial charge in [0.25, 0.3) is 5.91 Å². The van der Waals surface area contributed by atoms with Crippen LogP contribution < -0.4 is 10.6 Å². The molecule has 2 aromatic carbocycles. The molecule has 5 nitrogen and oxygen atoms in total. The minimum Gasteiger partial charge on any atom is -0.508 e. The van der Waals surface area contributed by atoms with Crippen molar-refractivity contribution in [3.63, 3.8) is 0 Å². The Kier molecular flexibility index (Phi) is 3.39. The third-order valence-corrected chi connectivity index (χ3v) is 3.47. The number of nitrogens with one attached hydrogen (secondary N) is 2. The molecule has 0 aliphatic carbocycles. The van der Waals surface area contributed by atoms with Crippen molar-refractivity contribution in [2.75, 3.05) is 17.2 Å². The summed E-state index contributed by atoms with van der Waals surface area (Å²) in [4.78, 5) is 12.1. The van der Waals surface area contributed by atoms with E-state index in [2.05, 4.69) is 10.6 Å². The van der Waals surface area contributed by atoms with Crippen LogP contribution in [0.5, 0.6) is 11.5 Å². The Morgan fingerprint density at radius 3 is 2.62 bits per heavy atom. The zero-order valence-corrected chi connectivity index (χ0v) is 11.4. The Bertz CT molecular complexity index is 678. The molecule has 0 spiro atoms. The number of aromatic hydroxyl groups is 2. The molecule has 0 unspecified atom stereocenters. The van der Waals surface area contributed by atoms with Crippen LogP contribution in [-0.2, 0) is 6.42 Å². The molecule has 1 heterocycles.